The molecule has 0 spiro atoms. The first-order valence-corrected chi connectivity index (χ1v) is 5.64. The molecule has 1 aliphatic heterocycles. The average Bonchev–Trinajstić information content (AvgIpc) is 2.63. The molecule has 0 aromatic heterocycles. The van der Waals surface area contributed by atoms with Crippen LogP contribution < -0.4 is 5.32 Å². The molecular formula is C12H22N2O. The summed E-state index contributed by atoms with van der Waals surface area (Å²) in [5.41, 5.74) is 0. The first-order valence-electron chi connectivity index (χ1n) is 5.64. The molecule has 86 valence electrons. The zero-order valence-electron chi connectivity index (χ0n) is 9.99. The molecule has 2 atom stereocenters. The van der Waals surface area contributed by atoms with Crippen LogP contribution in [0.2, 0.25) is 0 Å². The summed E-state index contributed by atoms with van der Waals surface area (Å²) >= 11 is 0. The molecule has 3 nitrogen and oxygen atoms in total. The third-order valence-corrected chi connectivity index (χ3v) is 3.07. The van der Waals surface area contributed by atoms with Gasteiger partial charge >= 0.3 is 0 Å². The molecule has 1 rings (SSSR count). The number of amides is 1. The number of carbonyl (C=O) groups excluding carboxylic acids is 1. The third kappa shape index (κ3) is 3.06. The highest BCUT2D eigenvalue weighted by molar-refractivity contribution is 5.77. The van der Waals surface area contributed by atoms with E-state index in [0.717, 1.165) is 19.6 Å². The van der Waals surface area contributed by atoms with Crippen molar-refractivity contribution in [3.05, 3.63) is 12.7 Å². The Morgan fingerprint density at radius 2 is 2.27 bits per heavy atom. The Bertz CT molecular complexity index is 238. The number of rotatable bonds is 4. The van der Waals surface area contributed by atoms with Gasteiger partial charge in [0.25, 0.3) is 0 Å². The zero-order valence-corrected chi connectivity index (χ0v) is 9.99. The van der Waals surface area contributed by atoms with Crippen LogP contribution in [0, 0.1) is 17.8 Å². The van der Waals surface area contributed by atoms with Crippen molar-refractivity contribution in [3.8, 4) is 0 Å². The van der Waals surface area contributed by atoms with Crippen molar-refractivity contribution in [1.29, 1.82) is 0 Å². The predicted molar refractivity (Wildman–Crippen MR) is 62.5 cm³/mol. The monoisotopic (exact) mass is 210 g/mol. The van der Waals surface area contributed by atoms with Crippen LogP contribution in [0.25, 0.3) is 0 Å². The lowest BCUT2D eigenvalue weighted by molar-refractivity contribution is -0.133. The van der Waals surface area contributed by atoms with E-state index in [9.17, 15) is 4.79 Å². The van der Waals surface area contributed by atoms with Crippen molar-refractivity contribution in [1.82, 2.24) is 10.2 Å². The van der Waals surface area contributed by atoms with Crippen molar-refractivity contribution >= 4 is 5.91 Å². The molecule has 0 unspecified atom stereocenters. The Hall–Kier alpha value is -0.830. The van der Waals surface area contributed by atoms with E-state index in [1.54, 1.807) is 0 Å². The maximum absolute atomic E-state index is 11.7. The van der Waals surface area contributed by atoms with Gasteiger partial charge in [-0.1, -0.05) is 19.9 Å². The Morgan fingerprint density at radius 1 is 1.60 bits per heavy atom. The second-order valence-corrected chi connectivity index (χ2v) is 4.69. The number of nitrogens with zero attached hydrogens (tertiary/aromatic N) is 1. The highest BCUT2D eigenvalue weighted by atomic mass is 16.2. The zero-order chi connectivity index (χ0) is 11.4. The van der Waals surface area contributed by atoms with Crippen LogP contribution in [0.4, 0.5) is 0 Å². The molecule has 0 aliphatic carbocycles. The number of hydrogen-bond donors (Lipinski definition) is 1. The average molecular weight is 210 g/mol. The van der Waals surface area contributed by atoms with Gasteiger partial charge < -0.3 is 10.2 Å². The maximum Gasteiger partial charge on any atom is 0.224 e. The highest BCUT2D eigenvalue weighted by Gasteiger charge is 2.27. The fraction of sp³-hybridized carbons (Fsp3) is 0.750. The van der Waals surface area contributed by atoms with E-state index in [-0.39, 0.29) is 11.8 Å². The lowest BCUT2D eigenvalue weighted by Gasteiger charge is -2.25. The first-order chi connectivity index (χ1) is 7.06. The second kappa shape index (κ2) is 5.31. The molecule has 1 saturated heterocycles. The Kier molecular flexibility index (Phi) is 4.33. The van der Waals surface area contributed by atoms with Gasteiger partial charge in [-0.3, -0.25) is 4.79 Å². The largest absolute Gasteiger partial charge is 0.345 e. The smallest absolute Gasteiger partial charge is 0.224 e. The third-order valence-electron chi connectivity index (χ3n) is 3.07. The SMILES string of the molecule is C=C[C@H]1CNC[C@H]1CN(C)C(=O)C(C)C. The van der Waals surface area contributed by atoms with Gasteiger partial charge in [-0.2, -0.15) is 0 Å². The molecule has 0 radical (unpaired) electrons. The molecular weight excluding hydrogens is 188 g/mol. The predicted octanol–water partition coefficient (Wildman–Crippen LogP) is 1.12. The minimum Gasteiger partial charge on any atom is -0.345 e. The standard InChI is InChI=1S/C12H22N2O/c1-5-10-6-13-7-11(10)8-14(4)12(15)9(2)3/h5,9-11,13H,1,6-8H2,2-4H3/t10-,11-/m0/s1. The molecule has 1 heterocycles. The lowest BCUT2D eigenvalue weighted by Crippen LogP contribution is -2.36. The van der Waals surface area contributed by atoms with Crippen LogP contribution in [-0.4, -0.2) is 37.5 Å². The highest BCUT2D eigenvalue weighted by Crippen LogP contribution is 2.18. The van der Waals surface area contributed by atoms with E-state index in [1.165, 1.54) is 0 Å². The van der Waals surface area contributed by atoms with Gasteiger partial charge in [0, 0.05) is 32.6 Å². The minimum atomic E-state index is 0.0894. The summed E-state index contributed by atoms with van der Waals surface area (Å²) in [7, 11) is 1.89. The van der Waals surface area contributed by atoms with Crippen molar-refractivity contribution in [2.24, 2.45) is 17.8 Å². The van der Waals surface area contributed by atoms with Crippen LogP contribution in [-0.2, 0) is 4.79 Å². The lowest BCUT2D eigenvalue weighted by atomic mass is 9.95. The van der Waals surface area contributed by atoms with Crippen LogP contribution in [0.1, 0.15) is 13.8 Å². The van der Waals surface area contributed by atoms with E-state index < -0.39 is 0 Å². The summed E-state index contributed by atoms with van der Waals surface area (Å²) in [5.74, 6) is 1.35. The normalized spacial score (nSPS) is 25.6. The van der Waals surface area contributed by atoms with Crippen molar-refractivity contribution in [2.45, 2.75) is 13.8 Å². The second-order valence-electron chi connectivity index (χ2n) is 4.69. The fourth-order valence-electron chi connectivity index (χ4n) is 2.11. The molecule has 0 saturated carbocycles. The van der Waals surface area contributed by atoms with Crippen LogP contribution in [0.15, 0.2) is 12.7 Å². The van der Waals surface area contributed by atoms with Crippen LogP contribution in [0.5, 0.6) is 0 Å². The van der Waals surface area contributed by atoms with E-state index in [2.05, 4.69) is 11.9 Å². The van der Waals surface area contributed by atoms with Gasteiger partial charge in [-0.15, -0.1) is 6.58 Å². The number of nitrogens with one attached hydrogen (secondary N) is 1. The van der Waals surface area contributed by atoms with Gasteiger partial charge in [0.2, 0.25) is 5.91 Å². The maximum atomic E-state index is 11.7. The van der Waals surface area contributed by atoms with Gasteiger partial charge in [-0.05, 0) is 11.8 Å². The molecule has 1 fully saturated rings. The summed E-state index contributed by atoms with van der Waals surface area (Å²) in [6, 6.07) is 0. The summed E-state index contributed by atoms with van der Waals surface area (Å²) in [6.45, 7) is 10.5. The Balaban J connectivity index is 2.46. The minimum absolute atomic E-state index is 0.0894. The first kappa shape index (κ1) is 12.2. The molecule has 0 aromatic carbocycles. The van der Waals surface area contributed by atoms with Gasteiger partial charge in [0.1, 0.15) is 0 Å². The summed E-state index contributed by atoms with van der Waals surface area (Å²) < 4.78 is 0. The summed E-state index contributed by atoms with van der Waals surface area (Å²) in [4.78, 5) is 13.6. The molecule has 3 heteroatoms. The summed E-state index contributed by atoms with van der Waals surface area (Å²) in [5, 5.41) is 3.34. The molecule has 15 heavy (non-hydrogen) atoms. The number of hydrogen-bond acceptors (Lipinski definition) is 2. The number of carbonyl (C=O) groups is 1. The topological polar surface area (TPSA) is 32.3 Å². The Labute approximate surface area is 92.5 Å². The quantitative estimate of drug-likeness (QED) is 0.705. The van der Waals surface area contributed by atoms with Gasteiger partial charge in [0.15, 0.2) is 0 Å². The van der Waals surface area contributed by atoms with E-state index in [4.69, 9.17) is 0 Å². The van der Waals surface area contributed by atoms with Crippen LogP contribution >= 0.6 is 0 Å². The molecule has 1 aliphatic rings. The van der Waals surface area contributed by atoms with E-state index in [1.807, 2.05) is 31.9 Å². The van der Waals surface area contributed by atoms with Crippen molar-refractivity contribution in [2.75, 3.05) is 26.7 Å². The molecule has 0 aromatic rings. The van der Waals surface area contributed by atoms with Crippen molar-refractivity contribution in [3.63, 3.8) is 0 Å². The molecule has 0 bridgehead atoms. The van der Waals surface area contributed by atoms with Crippen molar-refractivity contribution < 1.29 is 4.79 Å². The van der Waals surface area contributed by atoms with E-state index in [0.29, 0.717) is 11.8 Å². The Morgan fingerprint density at radius 3 is 2.80 bits per heavy atom. The molecule has 1 amide bonds. The van der Waals surface area contributed by atoms with Gasteiger partial charge in [0.05, 0.1) is 0 Å². The van der Waals surface area contributed by atoms with E-state index >= 15 is 0 Å². The summed E-state index contributed by atoms with van der Waals surface area (Å²) in [6.07, 6.45) is 2.00. The van der Waals surface area contributed by atoms with Gasteiger partial charge in [-0.25, -0.2) is 0 Å². The van der Waals surface area contributed by atoms with Crippen LogP contribution in [0.3, 0.4) is 0 Å². The molecule has 1 N–H and O–H groups in total. The fourth-order valence-corrected chi connectivity index (χ4v) is 2.11.